The number of sulfonamides is 1. The topological polar surface area (TPSA) is 79.4 Å². The van der Waals surface area contributed by atoms with Crippen LogP contribution in [0.1, 0.15) is 15.2 Å². The van der Waals surface area contributed by atoms with Crippen molar-refractivity contribution < 1.29 is 13.2 Å². The number of thiazole rings is 1. The zero-order valence-corrected chi connectivity index (χ0v) is 15.8. The van der Waals surface area contributed by atoms with E-state index in [-0.39, 0.29) is 10.8 Å². The second kappa shape index (κ2) is 7.27. The number of anilines is 2. The molecule has 1 amide bonds. The highest BCUT2D eigenvalue weighted by Crippen LogP contribution is 2.22. The molecule has 0 spiro atoms. The molecule has 26 heavy (non-hydrogen) atoms. The maximum Gasteiger partial charge on any atom is 0.264 e. The van der Waals surface area contributed by atoms with Crippen LogP contribution in [0.15, 0.2) is 65.7 Å². The zero-order valence-electron chi connectivity index (χ0n) is 14.2. The minimum Gasteiger partial charge on any atom is -0.298 e. The van der Waals surface area contributed by atoms with Gasteiger partial charge in [0.05, 0.1) is 10.6 Å². The standard InChI is InChI=1S/C18H17N3O3S2/c1-13-12-19-18(25-13)20-17(22)14-8-10-16(11-9-14)26(23,24)21(2)15-6-4-3-5-7-15/h3-12H,1-2H3,(H,19,20,22). The third kappa shape index (κ3) is 3.76. The fourth-order valence-corrected chi connectivity index (χ4v) is 4.15. The number of aryl methyl sites for hydroxylation is 1. The van der Waals surface area contributed by atoms with Crippen LogP contribution < -0.4 is 9.62 Å². The number of benzene rings is 2. The highest BCUT2D eigenvalue weighted by atomic mass is 32.2. The van der Waals surface area contributed by atoms with Gasteiger partial charge in [-0.15, -0.1) is 11.3 Å². The van der Waals surface area contributed by atoms with Crippen molar-refractivity contribution in [2.75, 3.05) is 16.7 Å². The lowest BCUT2D eigenvalue weighted by molar-refractivity contribution is 0.102. The van der Waals surface area contributed by atoms with Crippen molar-refractivity contribution in [2.24, 2.45) is 0 Å². The summed E-state index contributed by atoms with van der Waals surface area (Å²) in [6.45, 7) is 1.90. The summed E-state index contributed by atoms with van der Waals surface area (Å²) in [6.07, 6.45) is 1.68. The molecule has 0 aliphatic rings. The molecule has 134 valence electrons. The Labute approximate surface area is 156 Å². The Kier molecular flexibility index (Phi) is 5.06. The third-order valence-electron chi connectivity index (χ3n) is 3.74. The van der Waals surface area contributed by atoms with E-state index in [1.807, 2.05) is 13.0 Å². The van der Waals surface area contributed by atoms with E-state index in [1.54, 1.807) is 30.5 Å². The number of carbonyl (C=O) groups excluding carboxylic acids is 1. The molecular weight excluding hydrogens is 370 g/mol. The monoisotopic (exact) mass is 387 g/mol. The molecule has 6 nitrogen and oxygen atoms in total. The molecule has 0 fully saturated rings. The fourth-order valence-electron chi connectivity index (χ4n) is 2.29. The van der Waals surface area contributed by atoms with Gasteiger partial charge in [0.25, 0.3) is 15.9 Å². The number of para-hydroxylation sites is 1. The van der Waals surface area contributed by atoms with E-state index in [9.17, 15) is 13.2 Å². The molecule has 1 aromatic heterocycles. The molecule has 0 radical (unpaired) electrons. The number of rotatable bonds is 5. The number of amides is 1. The zero-order chi connectivity index (χ0) is 18.7. The molecule has 1 heterocycles. The van der Waals surface area contributed by atoms with Crippen LogP contribution in [-0.2, 0) is 10.0 Å². The molecule has 0 saturated carbocycles. The smallest absolute Gasteiger partial charge is 0.264 e. The summed E-state index contributed by atoms with van der Waals surface area (Å²) in [5, 5.41) is 3.20. The van der Waals surface area contributed by atoms with E-state index >= 15 is 0 Å². The van der Waals surface area contributed by atoms with Gasteiger partial charge in [-0.1, -0.05) is 18.2 Å². The number of aromatic nitrogens is 1. The second-order valence-electron chi connectivity index (χ2n) is 5.56. The minimum atomic E-state index is -3.70. The second-order valence-corrected chi connectivity index (χ2v) is 8.77. The Balaban J connectivity index is 1.79. The van der Waals surface area contributed by atoms with Crippen molar-refractivity contribution >= 4 is 38.1 Å². The van der Waals surface area contributed by atoms with Crippen LogP contribution in [0.25, 0.3) is 0 Å². The number of nitrogens with one attached hydrogen (secondary N) is 1. The molecule has 0 aliphatic carbocycles. The molecule has 1 N–H and O–H groups in total. The Morgan fingerprint density at radius 2 is 1.73 bits per heavy atom. The average Bonchev–Trinajstić information content (AvgIpc) is 3.06. The molecule has 2 aromatic carbocycles. The molecule has 3 rings (SSSR count). The van der Waals surface area contributed by atoms with Gasteiger partial charge in [0.1, 0.15) is 0 Å². The molecule has 0 bridgehead atoms. The quantitative estimate of drug-likeness (QED) is 0.726. The van der Waals surface area contributed by atoms with Crippen molar-refractivity contribution in [1.29, 1.82) is 0 Å². The lowest BCUT2D eigenvalue weighted by atomic mass is 10.2. The Morgan fingerprint density at radius 1 is 1.08 bits per heavy atom. The van der Waals surface area contributed by atoms with Crippen molar-refractivity contribution in [3.63, 3.8) is 0 Å². The fraction of sp³-hybridized carbons (Fsp3) is 0.111. The normalized spacial score (nSPS) is 11.2. The predicted molar refractivity (Wildman–Crippen MR) is 103 cm³/mol. The van der Waals surface area contributed by atoms with E-state index in [2.05, 4.69) is 10.3 Å². The predicted octanol–water partition coefficient (Wildman–Crippen LogP) is 3.53. The van der Waals surface area contributed by atoms with Gasteiger partial charge in [0, 0.05) is 23.7 Å². The summed E-state index contributed by atoms with van der Waals surface area (Å²) in [6, 6.07) is 14.6. The highest BCUT2D eigenvalue weighted by Gasteiger charge is 2.21. The number of hydrogen-bond acceptors (Lipinski definition) is 5. The number of nitrogens with zero attached hydrogens (tertiary/aromatic N) is 2. The Hall–Kier alpha value is -2.71. The first-order valence-corrected chi connectivity index (χ1v) is 10.0. The first-order chi connectivity index (χ1) is 12.4. The average molecular weight is 387 g/mol. The molecule has 0 unspecified atom stereocenters. The molecular formula is C18H17N3O3S2. The first kappa shape index (κ1) is 18.1. The van der Waals surface area contributed by atoms with Crippen molar-refractivity contribution in [2.45, 2.75) is 11.8 Å². The lowest BCUT2D eigenvalue weighted by Gasteiger charge is -2.19. The van der Waals surface area contributed by atoms with Gasteiger partial charge in [0.15, 0.2) is 5.13 Å². The van der Waals surface area contributed by atoms with Gasteiger partial charge in [-0.3, -0.25) is 14.4 Å². The third-order valence-corrected chi connectivity index (χ3v) is 6.36. The van der Waals surface area contributed by atoms with Crippen molar-refractivity contribution in [1.82, 2.24) is 4.98 Å². The van der Waals surface area contributed by atoms with Gasteiger partial charge in [-0.2, -0.15) is 0 Å². The minimum absolute atomic E-state index is 0.116. The molecule has 0 saturated heterocycles. The van der Waals surface area contributed by atoms with Crippen molar-refractivity contribution in [3.8, 4) is 0 Å². The molecule has 3 aromatic rings. The Bertz CT molecular complexity index is 1010. The van der Waals surface area contributed by atoms with Crippen LogP contribution in [0, 0.1) is 6.92 Å². The van der Waals surface area contributed by atoms with E-state index in [0.717, 1.165) is 4.88 Å². The van der Waals surface area contributed by atoms with Crippen LogP contribution in [-0.4, -0.2) is 26.4 Å². The largest absolute Gasteiger partial charge is 0.298 e. The van der Waals surface area contributed by atoms with Crippen LogP contribution in [0.3, 0.4) is 0 Å². The number of carbonyl (C=O) groups is 1. The van der Waals surface area contributed by atoms with Crippen LogP contribution >= 0.6 is 11.3 Å². The maximum absolute atomic E-state index is 12.7. The summed E-state index contributed by atoms with van der Waals surface area (Å²) in [4.78, 5) is 17.4. The van der Waals surface area contributed by atoms with Gasteiger partial charge in [-0.05, 0) is 43.3 Å². The molecule has 0 atom stereocenters. The van der Waals surface area contributed by atoms with Crippen molar-refractivity contribution in [3.05, 3.63) is 71.2 Å². The summed E-state index contributed by atoms with van der Waals surface area (Å²) >= 11 is 1.37. The van der Waals surface area contributed by atoms with Crippen LogP contribution in [0.4, 0.5) is 10.8 Å². The first-order valence-electron chi connectivity index (χ1n) is 7.76. The van der Waals surface area contributed by atoms with Crippen LogP contribution in [0.5, 0.6) is 0 Å². The lowest BCUT2D eigenvalue weighted by Crippen LogP contribution is -2.26. The van der Waals surface area contributed by atoms with E-state index < -0.39 is 10.0 Å². The molecule has 8 heteroatoms. The summed E-state index contributed by atoms with van der Waals surface area (Å²) < 4.78 is 26.7. The number of hydrogen-bond donors (Lipinski definition) is 1. The maximum atomic E-state index is 12.7. The van der Waals surface area contributed by atoms with Gasteiger partial charge in [0.2, 0.25) is 0 Å². The highest BCUT2D eigenvalue weighted by molar-refractivity contribution is 7.92. The van der Waals surface area contributed by atoms with Gasteiger partial charge in [-0.25, -0.2) is 13.4 Å². The van der Waals surface area contributed by atoms with E-state index in [4.69, 9.17) is 0 Å². The summed E-state index contributed by atoms with van der Waals surface area (Å²) in [5.74, 6) is -0.334. The SMILES string of the molecule is Cc1cnc(NC(=O)c2ccc(S(=O)(=O)N(C)c3ccccc3)cc2)s1. The van der Waals surface area contributed by atoms with Gasteiger partial charge < -0.3 is 0 Å². The molecule has 0 aliphatic heterocycles. The summed E-state index contributed by atoms with van der Waals surface area (Å²) in [7, 11) is -2.20. The van der Waals surface area contributed by atoms with Crippen LogP contribution in [0.2, 0.25) is 0 Å². The van der Waals surface area contributed by atoms with E-state index in [0.29, 0.717) is 16.4 Å². The summed E-state index contributed by atoms with van der Waals surface area (Å²) in [5.41, 5.74) is 0.924. The van der Waals surface area contributed by atoms with E-state index in [1.165, 1.54) is 47.0 Å². The Morgan fingerprint density at radius 3 is 2.31 bits per heavy atom. The van der Waals surface area contributed by atoms with Gasteiger partial charge >= 0.3 is 0 Å².